The van der Waals surface area contributed by atoms with Gasteiger partial charge in [-0.1, -0.05) is 27.7 Å². The molecule has 1 aromatic rings. The summed E-state index contributed by atoms with van der Waals surface area (Å²) >= 11 is 1.58. The third-order valence-electron chi connectivity index (χ3n) is 3.39. The zero-order valence-corrected chi connectivity index (χ0v) is 14.9. The molecule has 4 nitrogen and oxygen atoms in total. The van der Waals surface area contributed by atoms with Gasteiger partial charge in [0, 0.05) is 18.0 Å². The molecule has 1 heterocycles. The predicted octanol–water partition coefficient (Wildman–Crippen LogP) is 4.14. The third kappa shape index (κ3) is 5.65. The van der Waals surface area contributed by atoms with E-state index < -0.39 is 0 Å². The number of thiazole rings is 1. The van der Waals surface area contributed by atoms with Crippen LogP contribution in [0.15, 0.2) is 0 Å². The van der Waals surface area contributed by atoms with Crippen LogP contribution < -0.4 is 4.90 Å². The Balaban J connectivity index is 2.88. The van der Waals surface area contributed by atoms with Crippen LogP contribution in [0.1, 0.15) is 55.9 Å². The lowest BCUT2D eigenvalue weighted by Gasteiger charge is -2.23. The minimum absolute atomic E-state index is 0.345. The minimum Gasteiger partial charge on any atom is -0.464 e. The topological polar surface area (TPSA) is 42.4 Å². The number of aryl methyl sites for hydroxylation is 1. The van der Waals surface area contributed by atoms with Gasteiger partial charge >= 0.3 is 5.97 Å². The van der Waals surface area contributed by atoms with E-state index in [0.29, 0.717) is 17.5 Å². The van der Waals surface area contributed by atoms with Crippen LogP contribution in [0, 0.1) is 18.8 Å². The molecule has 0 N–H and O–H groups in total. The summed E-state index contributed by atoms with van der Waals surface area (Å²) in [5, 5.41) is 0.939. The zero-order chi connectivity index (χ0) is 16.0. The molecule has 0 saturated heterocycles. The second kappa shape index (κ2) is 8.37. The van der Waals surface area contributed by atoms with Gasteiger partial charge in [0.25, 0.3) is 0 Å². The fourth-order valence-corrected chi connectivity index (χ4v) is 2.88. The Morgan fingerprint density at radius 1 is 1.19 bits per heavy atom. The number of anilines is 1. The number of ether oxygens (including phenoxy) is 1. The molecular weight excluding hydrogens is 284 g/mol. The van der Waals surface area contributed by atoms with E-state index in [1.54, 1.807) is 11.3 Å². The molecule has 0 spiro atoms. The Morgan fingerprint density at radius 3 is 2.14 bits per heavy atom. The summed E-state index contributed by atoms with van der Waals surface area (Å²) in [4.78, 5) is 19.4. The summed E-state index contributed by atoms with van der Waals surface area (Å²) in [6.07, 6.45) is 2.26. The Kier molecular flexibility index (Phi) is 7.15. The number of hydrogen-bond donors (Lipinski definition) is 0. The molecule has 0 aliphatic rings. The van der Waals surface area contributed by atoms with Crippen molar-refractivity contribution in [2.24, 2.45) is 11.8 Å². The van der Waals surface area contributed by atoms with E-state index in [1.807, 2.05) is 6.92 Å². The van der Waals surface area contributed by atoms with E-state index in [4.69, 9.17) is 4.74 Å². The Bertz CT molecular complexity index is 443. The zero-order valence-electron chi connectivity index (χ0n) is 14.1. The first-order chi connectivity index (χ1) is 9.85. The number of aromatic nitrogens is 1. The molecule has 0 amide bonds. The summed E-state index contributed by atoms with van der Waals surface area (Å²) in [7, 11) is 1.40. The molecule has 21 heavy (non-hydrogen) atoms. The van der Waals surface area contributed by atoms with Gasteiger partial charge in [-0.15, -0.1) is 11.3 Å². The molecule has 0 aliphatic carbocycles. The van der Waals surface area contributed by atoms with Crippen molar-refractivity contribution in [3.63, 3.8) is 0 Å². The molecule has 0 unspecified atom stereocenters. The van der Waals surface area contributed by atoms with Gasteiger partial charge in [-0.2, -0.15) is 0 Å². The quantitative estimate of drug-likeness (QED) is 0.677. The highest BCUT2D eigenvalue weighted by Crippen LogP contribution is 2.27. The molecule has 0 atom stereocenters. The maximum absolute atomic E-state index is 11.7. The smallest absolute Gasteiger partial charge is 0.357 e. The van der Waals surface area contributed by atoms with Crippen LogP contribution in [0.3, 0.4) is 0 Å². The largest absolute Gasteiger partial charge is 0.464 e. The van der Waals surface area contributed by atoms with Gasteiger partial charge in [0.2, 0.25) is 0 Å². The number of esters is 1. The minimum atomic E-state index is -0.345. The van der Waals surface area contributed by atoms with Gasteiger partial charge in [0.15, 0.2) is 10.8 Å². The maximum Gasteiger partial charge on any atom is 0.357 e. The number of carbonyl (C=O) groups is 1. The number of rotatable bonds is 8. The summed E-state index contributed by atoms with van der Waals surface area (Å²) in [6, 6.07) is 0. The van der Waals surface area contributed by atoms with E-state index in [1.165, 1.54) is 7.11 Å². The monoisotopic (exact) mass is 312 g/mol. The van der Waals surface area contributed by atoms with E-state index in [2.05, 4.69) is 37.6 Å². The SMILES string of the molecule is COC(=O)c1nc(N(CCC(C)C)CCC(C)C)sc1C. The van der Waals surface area contributed by atoms with Crippen LogP contribution in [0.25, 0.3) is 0 Å². The fourth-order valence-electron chi connectivity index (χ4n) is 1.93. The van der Waals surface area contributed by atoms with Crippen molar-refractivity contribution in [3.05, 3.63) is 10.6 Å². The first-order valence-corrected chi connectivity index (χ1v) is 8.47. The first-order valence-electron chi connectivity index (χ1n) is 7.65. The highest BCUT2D eigenvalue weighted by molar-refractivity contribution is 7.15. The molecule has 0 bridgehead atoms. The standard InChI is InChI=1S/C16H28N2O2S/c1-11(2)7-9-18(10-8-12(3)4)16-17-14(13(5)21-16)15(19)20-6/h11-12H,7-10H2,1-6H3. The first kappa shape index (κ1) is 18.0. The lowest BCUT2D eigenvalue weighted by atomic mass is 10.1. The van der Waals surface area contributed by atoms with E-state index in [-0.39, 0.29) is 5.97 Å². The molecule has 0 saturated carbocycles. The summed E-state index contributed by atoms with van der Waals surface area (Å²) < 4.78 is 4.79. The summed E-state index contributed by atoms with van der Waals surface area (Å²) in [5.41, 5.74) is 0.455. The van der Waals surface area contributed by atoms with Crippen LogP contribution >= 0.6 is 11.3 Å². The van der Waals surface area contributed by atoms with Crippen molar-refractivity contribution in [3.8, 4) is 0 Å². The maximum atomic E-state index is 11.7. The van der Waals surface area contributed by atoms with Crippen molar-refractivity contribution in [2.45, 2.75) is 47.5 Å². The molecule has 1 rings (SSSR count). The Hall–Kier alpha value is -1.10. The molecule has 0 aliphatic heterocycles. The van der Waals surface area contributed by atoms with Crippen molar-refractivity contribution in [1.82, 2.24) is 4.98 Å². The van der Waals surface area contributed by atoms with Crippen molar-refractivity contribution >= 4 is 22.4 Å². The van der Waals surface area contributed by atoms with E-state index in [0.717, 1.165) is 35.9 Å². The van der Waals surface area contributed by atoms with Crippen molar-refractivity contribution in [1.29, 1.82) is 0 Å². The van der Waals surface area contributed by atoms with E-state index >= 15 is 0 Å². The lowest BCUT2D eigenvalue weighted by Crippen LogP contribution is -2.27. The van der Waals surface area contributed by atoms with Crippen LogP contribution in [0.2, 0.25) is 0 Å². The molecule has 120 valence electrons. The van der Waals surface area contributed by atoms with Crippen LogP contribution in [0.5, 0.6) is 0 Å². The van der Waals surface area contributed by atoms with Gasteiger partial charge in [0.1, 0.15) is 0 Å². The normalized spacial score (nSPS) is 11.2. The van der Waals surface area contributed by atoms with Gasteiger partial charge in [-0.05, 0) is 31.6 Å². The Morgan fingerprint density at radius 2 is 1.71 bits per heavy atom. The highest BCUT2D eigenvalue weighted by atomic mass is 32.1. The number of methoxy groups -OCH3 is 1. The molecule has 0 radical (unpaired) electrons. The number of nitrogens with zero attached hydrogens (tertiary/aromatic N) is 2. The van der Waals surface area contributed by atoms with Gasteiger partial charge in [0.05, 0.1) is 7.11 Å². The summed E-state index contributed by atoms with van der Waals surface area (Å²) in [5.74, 6) is 0.975. The average Bonchev–Trinajstić information content (AvgIpc) is 2.79. The van der Waals surface area contributed by atoms with Crippen LogP contribution in [-0.2, 0) is 4.74 Å². The highest BCUT2D eigenvalue weighted by Gasteiger charge is 2.19. The van der Waals surface area contributed by atoms with Gasteiger partial charge in [-0.3, -0.25) is 0 Å². The Labute approximate surface area is 132 Å². The predicted molar refractivity (Wildman–Crippen MR) is 89.3 cm³/mol. The number of hydrogen-bond acceptors (Lipinski definition) is 5. The fraction of sp³-hybridized carbons (Fsp3) is 0.750. The third-order valence-corrected chi connectivity index (χ3v) is 4.42. The molecule has 5 heteroatoms. The number of carbonyl (C=O) groups excluding carboxylic acids is 1. The van der Waals surface area contributed by atoms with Crippen molar-refractivity contribution < 1.29 is 9.53 Å². The molecular formula is C16H28N2O2S. The molecule has 1 aromatic heterocycles. The van der Waals surface area contributed by atoms with Gasteiger partial charge < -0.3 is 9.64 Å². The average molecular weight is 312 g/mol. The summed E-state index contributed by atoms with van der Waals surface area (Å²) in [6.45, 7) is 12.8. The molecule has 0 fully saturated rings. The van der Waals surface area contributed by atoms with Crippen LogP contribution in [-0.4, -0.2) is 31.2 Å². The second-order valence-electron chi connectivity index (χ2n) is 6.24. The molecule has 0 aromatic carbocycles. The van der Waals surface area contributed by atoms with Crippen LogP contribution in [0.4, 0.5) is 5.13 Å². The second-order valence-corrected chi connectivity index (χ2v) is 7.43. The lowest BCUT2D eigenvalue weighted by molar-refractivity contribution is 0.0594. The van der Waals surface area contributed by atoms with Crippen molar-refractivity contribution in [2.75, 3.05) is 25.1 Å². The van der Waals surface area contributed by atoms with Gasteiger partial charge in [-0.25, -0.2) is 9.78 Å². The van der Waals surface area contributed by atoms with E-state index in [9.17, 15) is 4.79 Å².